The summed E-state index contributed by atoms with van der Waals surface area (Å²) in [5, 5.41) is 2.89. The first kappa shape index (κ1) is 14.5. The zero-order valence-corrected chi connectivity index (χ0v) is 11.3. The number of aryl methyl sites for hydroxylation is 1. The normalized spacial score (nSPS) is 10.2. The van der Waals surface area contributed by atoms with E-state index in [9.17, 15) is 4.79 Å². The fourth-order valence-electron chi connectivity index (χ4n) is 1.71. The summed E-state index contributed by atoms with van der Waals surface area (Å²) in [4.78, 5) is 13.6. The molecule has 0 saturated heterocycles. The van der Waals surface area contributed by atoms with Crippen LogP contribution >= 0.6 is 0 Å². The summed E-state index contributed by atoms with van der Waals surface area (Å²) in [6.45, 7) is 3.49. The molecule has 0 bridgehead atoms. The second-order valence-corrected chi connectivity index (χ2v) is 4.57. The highest BCUT2D eigenvalue weighted by Crippen LogP contribution is 2.10. The Kier molecular flexibility index (Phi) is 6.22. The summed E-state index contributed by atoms with van der Waals surface area (Å²) < 4.78 is 0. The summed E-state index contributed by atoms with van der Waals surface area (Å²) in [7, 11) is 1.81. The molecule has 0 unspecified atom stereocenters. The molecule has 0 heterocycles. The van der Waals surface area contributed by atoms with Gasteiger partial charge in [-0.25, -0.2) is 4.79 Å². The Bertz CT molecular complexity index is 379. The predicted molar refractivity (Wildman–Crippen MR) is 75.7 cm³/mol. The van der Waals surface area contributed by atoms with Crippen molar-refractivity contribution in [1.82, 2.24) is 4.90 Å². The van der Waals surface area contributed by atoms with E-state index < -0.39 is 0 Å². The van der Waals surface area contributed by atoms with E-state index in [1.807, 2.05) is 38.2 Å². The van der Waals surface area contributed by atoms with Crippen LogP contribution in [-0.4, -0.2) is 31.1 Å². The standard InChI is InChI=1S/C14H23N3O/c1-12-7-6-8-13(11-12)16-14(18)17(2)10-5-3-4-9-15/h6-8,11H,3-5,9-10,15H2,1-2H3,(H,16,18). The van der Waals surface area contributed by atoms with Crippen molar-refractivity contribution >= 4 is 11.7 Å². The lowest BCUT2D eigenvalue weighted by Gasteiger charge is -2.18. The summed E-state index contributed by atoms with van der Waals surface area (Å²) in [6, 6.07) is 7.74. The number of benzene rings is 1. The Hall–Kier alpha value is -1.55. The number of amides is 2. The van der Waals surface area contributed by atoms with Crippen molar-refractivity contribution in [3.05, 3.63) is 29.8 Å². The number of hydrogen-bond acceptors (Lipinski definition) is 2. The third-order valence-electron chi connectivity index (χ3n) is 2.81. The molecule has 1 aromatic carbocycles. The molecule has 18 heavy (non-hydrogen) atoms. The zero-order chi connectivity index (χ0) is 13.4. The highest BCUT2D eigenvalue weighted by Gasteiger charge is 2.07. The van der Waals surface area contributed by atoms with Crippen molar-refractivity contribution in [1.29, 1.82) is 0 Å². The van der Waals surface area contributed by atoms with Crippen LogP contribution in [0.25, 0.3) is 0 Å². The molecule has 1 rings (SSSR count). The van der Waals surface area contributed by atoms with E-state index in [1.165, 1.54) is 0 Å². The van der Waals surface area contributed by atoms with E-state index in [2.05, 4.69) is 5.32 Å². The molecule has 0 aliphatic rings. The van der Waals surface area contributed by atoms with Gasteiger partial charge >= 0.3 is 6.03 Å². The highest BCUT2D eigenvalue weighted by molar-refractivity contribution is 5.89. The van der Waals surface area contributed by atoms with Gasteiger partial charge in [0, 0.05) is 19.3 Å². The second-order valence-electron chi connectivity index (χ2n) is 4.57. The quantitative estimate of drug-likeness (QED) is 0.761. The van der Waals surface area contributed by atoms with E-state index in [0.717, 1.165) is 43.6 Å². The maximum absolute atomic E-state index is 11.9. The van der Waals surface area contributed by atoms with Gasteiger partial charge < -0.3 is 16.0 Å². The number of carbonyl (C=O) groups is 1. The van der Waals surface area contributed by atoms with Crippen molar-refractivity contribution < 1.29 is 4.79 Å². The zero-order valence-electron chi connectivity index (χ0n) is 11.3. The molecule has 2 amide bonds. The van der Waals surface area contributed by atoms with E-state index in [4.69, 9.17) is 5.73 Å². The van der Waals surface area contributed by atoms with Gasteiger partial charge in [-0.15, -0.1) is 0 Å². The van der Waals surface area contributed by atoms with Crippen LogP contribution in [0, 0.1) is 6.92 Å². The lowest BCUT2D eigenvalue weighted by atomic mass is 10.2. The number of anilines is 1. The number of hydrogen-bond donors (Lipinski definition) is 2. The Labute approximate surface area is 109 Å². The second kappa shape index (κ2) is 7.71. The van der Waals surface area contributed by atoms with Crippen LogP contribution in [-0.2, 0) is 0 Å². The summed E-state index contributed by atoms with van der Waals surface area (Å²) in [5.41, 5.74) is 7.41. The smallest absolute Gasteiger partial charge is 0.321 e. The number of nitrogens with two attached hydrogens (primary N) is 1. The third-order valence-corrected chi connectivity index (χ3v) is 2.81. The molecule has 0 atom stereocenters. The minimum atomic E-state index is -0.0617. The lowest BCUT2D eigenvalue weighted by molar-refractivity contribution is 0.221. The van der Waals surface area contributed by atoms with E-state index >= 15 is 0 Å². The fraction of sp³-hybridized carbons (Fsp3) is 0.500. The maximum atomic E-state index is 11.9. The van der Waals surface area contributed by atoms with Gasteiger partial charge in [0.1, 0.15) is 0 Å². The number of unbranched alkanes of at least 4 members (excludes halogenated alkanes) is 2. The van der Waals surface area contributed by atoms with E-state index in [0.29, 0.717) is 0 Å². The molecule has 0 aliphatic heterocycles. The molecule has 0 aliphatic carbocycles. The Morgan fingerprint density at radius 1 is 1.33 bits per heavy atom. The van der Waals surface area contributed by atoms with Crippen molar-refractivity contribution in [2.75, 3.05) is 25.5 Å². The summed E-state index contributed by atoms with van der Waals surface area (Å²) in [5.74, 6) is 0. The molecule has 4 nitrogen and oxygen atoms in total. The number of carbonyl (C=O) groups excluding carboxylic acids is 1. The molecule has 1 aromatic rings. The highest BCUT2D eigenvalue weighted by atomic mass is 16.2. The number of nitrogens with one attached hydrogen (secondary N) is 1. The molecule has 0 spiro atoms. The molecule has 0 fully saturated rings. The maximum Gasteiger partial charge on any atom is 0.321 e. The van der Waals surface area contributed by atoms with Crippen LogP contribution in [0.3, 0.4) is 0 Å². The minimum absolute atomic E-state index is 0.0617. The monoisotopic (exact) mass is 249 g/mol. The van der Waals surface area contributed by atoms with Crippen LogP contribution in [0.4, 0.5) is 10.5 Å². The average molecular weight is 249 g/mol. The van der Waals surface area contributed by atoms with Gasteiger partial charge in [-0.3, -0.25) is 0 Å². The summed E-state index contributed by atoms with van der Waals surface area (Å²) >= 11 is 0. The molecular formula is C14H23N3O. The van der Waals surface area contributed by atoms with Gasteiger partial charge in [0.15, 0.2) is 0 Å². The number of rotatable bonds is 6. The first-order chi connectivity index (χ1) is 8.63. The van der Waals surface area contributed by atoms with Crippen molar-refractivity contribution in [3.8, 4) is 0 Å². The van der Waals surface area contributed by atoms with Crippen LogP contribution in [0.15, 0.2) is 24.3 Å². The largest absolute Gasteiger partial charge is 0.330 e. The molecular weight excluding hydrogens is 226 g/mol. The Morgan fingerprint density at radius 2 is 2.11 bits per heavy atom. The van der Waals surface area contributed by atoms with Gasteiger partial charge in [-0.2, -0.15) is 0 Å². The van der Waals surface area contributed by atoms with Gasteiger partial charge in [0.25, 0.3) is 0 Å². The van der Waals surface area contributed by atoms with Gasteiger partial charge in [-0.1, -0.05) is 18.6 Å². The lowest BCUT2D eigenvalue weighted by Crippen LogP contribution is -2.32. The molecule has 0 radical (unpaired) electrons. The third kappa shape index (κ3) is 5.19. The molecule has 0 aromatic heterocycles. The van der Waals surface area contributed by atoms with Crippen LogP contribution in [0.2, 0.25) is 0 Å². The summed E-state index contributed by atoms with van der Waals surface area (Å²) in [6.07, 6.45) is 3.08. The van der Waals surface area contributed by atoms with E-state index in [-0.39, 0.29) is 6.03 Å². The van der Waals surface area contributed by atoms with Crippen molar-refractivity contribution in [3.63, 3.8) is 0 Å². The Morgan fingerprint density at radius 3 is 2.78 bits per heavy atom. The molecule has 100 valence electrons. The van der Waals surface area contributed by atoms with Crippen LogP contribution in [0.5, 0.6) is 0 Å². The number of nitrogens with zero attached hydrogens (tertiary/aromatic N) is 1. The predicted octanol–water partition coefficient (Wildman–Crippen LogP) is 2.59. The van der Waals surface area contributed by atoms with Gasteiger partial charge in [0.05, 0.1) is 0 Å². The van der Waals surface area contributed by atoms with Gasteiger partial charge in [0.2, 0.25) is 0 Å². The number of urea groups is 1. The topological polar surface area (TPSA) is 58.4 Å². The fourth-order valence-corrected chi connectivity index (χ4v) is 1.71. The van der Waals surface area contributed by atoms with Crippen molar-refractivity contribution in [2.45, 2.75) is 26.2 Å². The SMILES string of the molecule is Cc1cccc(NC(=O)N(C)CCCCCN)c1. The minimum Gasteiger partial charge on any atom is -0.330 e. The van der Waals surface area contributed by atoms with Gasteiger partial charge in [-0.05, 0) is 44.0 Å². The van der Waals surface area contributed by atoms with Crippen LogP contribution < -0.4 is 11.1 Å². The molecule has 4 heteroatoms. The Balaban J connectivity index is 2.35. The van der Waals surface area contributed by atoms with E-state index in [1.54, 1.807) is 4.90 Å². The first-order valence-corrected chi connectivity index (χ1v) is 6.42. The molecule has 0 saturated carbocycles. The molecule has 3 N–H and O–H groups in total. The van der Waals surface area contributed by atoms with Crippen molar-refractivity contribution in [2.24, 2.45) is 5.73 Å². The average Bonchev–Trinajstić information content (AvgIpc) is 2.34. The first-order valence-electron chi connectivity index (χ1n) is 6.42. The van der Waals surface area contributed by atoms with Crippen LogP contribution in [0.1, 0.15) is 24.8 Å².